The molecule has 3 unspecified atom stereocenters. The summed E-state index contributed by atoms with van der Waals surface area (Å²) in [5, 5.41) is 0. The van der Waals surface area contributed by atoms with Crippen molar-refractivity contribution in [3.05, 3.63) is 29.8 Å². The van der Waals surface area contributed by atoms with Crippen molar-refractivity contribution < 1.29 is 17.1 Å². The maximum absolute atomic E-state index is 5.94. The number of hydrogen-bond donors (Lipinski definition) is 1. The molecule has 4 heteroatoms. The zero-order valence-electron chi connectivity index (χ0n) is 13.6. The minimum atomic E-state index is 0. The Bertz CT molecular complexity index is 437. The molecule has 1 aliphatic heterocycles. The van der Waals surface area contributed by atoms with Crippen molar-refractivity contribution in [3.63, 3.8) is 0 Å². The summed E-state index contributed by atoms with van der Waals surface area (Å²) in [6.07, 6.45) is 2.23. The summed E-state index contributed by atoms with van der Waals surface area (Å²) < 4.78 is 5.28. The zero-order chi connectivity index (χ0) is 14.8. The second-order valence-electron chi connectivity index (χ2n) is 6.32. The summed E-state index contributed by atoms with van der Waals surface area (Å²) in [6, 6.07) is 9.19. The van der Waals surface area contributed by atoms with Crippen LogP contribution >= 0.6 is 0 Å². The number of piperidine rings is 1. The SMILES string of the molecule is COc1ccc(C2(CCN)CC(C)N(C)CC2C)cc1.[Cl-]. The number of likely N-dealkylation sites (tertiary alicyclic amines) is 1. The first kappa shape index (κ1) is 18.3. The van der Waals surface area contributed by atoms with Gasteiger partial charge in [0.05, 0.1) is 7.11 Å². The third-order valence-corrected chi connectivity index (χ3v) is 5.17. The predicted octanol–water partition coefficient (Wildman–Crippen LogP) is -0.354. The van der Waals surface area contributed by atoms with Crippen molar-refractivity contribution in [3.8, 4) is 5.75 Å². The average molecular weight is 312 g/mol. The highest BCUT2D eigenvalue weighted by atomic mass is 35.5. The van der Waals surface area contributed by atoms with E-state index >= 15 is 0 Å². The fourth-order valence-electron chi connectivity index (χ4n) is 3.75. The lowest BCUT2D eigenvalue weighted by molar-refractivity contribution is -0.00000504. The van der Waals surface area contributed by atoms with Gasteiger partial charge in [-0.1, -0.05) is 19.1 Å². The van der Waals surface area contributed by atoms with Crippen LogP contribution in [0.5, 0.6) is 5.75 Å². The first-order chi connectivity index (χ1) is 9.53. The van der Waals surface area contributed by atoms with Crippen LogP contribution in [0.25, 0.3) is 0 Å². The van der Waals surface area contributed by atoms with Crippen molar-refractivity contribution in [2.75, 3.05) is 27.2 Å². The van der Waals surface area contributed by atoms with E-state index in [1.165, 1.54) is 12.0 Å². The van der Waals surface area contributed by atoms with Crippen molar-refractivity contribution in [2.24, 2.45) is 11.7 Å². The van der Waals surface area contributed by atoms with E-state index in [1.807, 2.05) is 0 Å². The number of ether oxygens (including phenoxy) is 1. The summed E-state index contributed by atoms with van der Waals surface area (Å²) in [4.78, 5) is 2.46. The summed E-state index contributed by atoms with van der Waals surface area (Å²) in [7, 11) is 3.94. The lowest BCUT2D eigenvalue weighted by atomic mass is 9.63. The first-order valence-corrected chi connectivity index (χ1v) is 7.58. The van der Waals surface area contributed by atoms with Gasteiger partial charge in [-0.3, -0.25) is 0 Å². The van der Waals surface area contributed by atoms with Crippen LogP contribution in [0, 0.1) is 5.92 Å². The number of nitrogens with two attached hydrogens (primary N) is 1. The van der Waals surface area contributed by atoms with Gasteiger partial charge in [-0.05, 0) is 57.0 Å². The summed E-state index contributed by atoms with van der Waals surface area (Å²) >= 11 is 0. The molecule has 21 heavy (non-hydrogen) atoms. The molecule has 2 N–H and O–H groups in total. The van der Waals surface area contributed by atoms with Crippen molar-refractivity contribution in [2.45, 2.75) is 38.1 Å². The molecular weight excluding hydrogens is 284 g/mol. The number of rotatable bonds is 4. The van der Waals surface area contributed by atoms with Crippen molar-refractivity contribution in [1.82, 2.24) is 4.90 Å². The van der Waals surface area contributed by atoms with E-state index in [2.05, 4.69) is 50.1 Å². The van der Waals surface area contributed by atoms with Gasteiger partial charge in [0, 0.05) is 18.0 Å². The predicted molar refractivity (Wildman–Crippen MR) is 84.2 cm³/mol. The summed E-state index contributed by atoms with van der Waals surface area (Å²) in [6.45, 7) is 6.56. The Morgan fingerprint density at radius 3 is 2.43 bits per heavy atom. The molecule has 3 nitrogen and oxygen atoms in total. The molecule has 0 amide bonds. The van der Waals surface area contributed by atoms with Crippen molar-refractivity contribution in [1.29, 1.82) is 0 Å². The molecular formula is C17H28ClN2O-. The first-order valence-electron chi connectivity index (χ1n) is 7.58. The van der Waals surface area contributed by atoms with E-state index in [-0.39, 0.29) is 17.8 Å². The second-order valence-corrected chi connectivity index (χ2v) is 6.32. The van der Waals surface area contributed by atoms with Gasteiger partial charge in [-0.25, -0.2) is 0 Å². The van der Waals surface area contributed by atoms with Crippen LogP contribution in [0.15, 0.2) is 24.3 Å². The number of benzene rings is 1. The third kappa shape index (κ3) is 3.53. The minimum Gasteiger partial charge on any atom is -1.00 e. The van der Waals surface area contributed by atoms with Gasteiger partial charge in [-0.2, -0.15) is 0 Å². The third-order valence-electron chi connectivity index (χ3n) is 5.17. The lowest BCUT2D eigenvalue weighted by Gasteiger charge is -2.49. The number of hydrogen-bond acceptors (Lipinski definition) is 3. The quantitative estimate of drug-likeness (QED) is 0.826. The monoisotopic (exact) mass is 311 g/mol. The Labute approximate surface area is 135 Å². The van der Waals surface area contributed by atoms with Crippen molar-refractivity contribution >= 4 is 0 Å². The van der Waals surface area contributed by atoms with Crippen LogP contribution in [0.4, 0.5) is 0 Å². The Morgan fingerprint density at radius 1 is 1.29 bits per heavy atom. The van der Waals surface area contributed by atoms with E-state index in [4.69, 9.17) is 10.5 Å². The van der Waals surface area contributed by atoms with E-state index in [0.717, 1.165) is 25.3 Å². The normalized spacial score (nSPS) is 29.8. The standard InChI is InChI=1S/C17H28N2O.ClH/c1-13-12-19(3)14(2)11-17(13,9-10-18)15-5-7-16(20-4)8-6-15;/h5-8,13-14H,9-12,18H2,1-4H3;1H/p-1. The molecule has 1 fully saturated rings. The molecule has 1 heterocycles. The van der Waals surface area contributed by atoms with Crippen LogP contribution in [-0.2, 0) is 5.41 Å². The van der Waals surface area contributed by atoms with Gasteiger partial charge in [0.25, 0.3) is 0 Å². The van der Waals surface area contributed by atoms with Gasteiger partial charge in [0.2, 0.25) is 0 Å². The molecule has 1 saturated heterocycles. The molecule has 1 aromatic rings. The van der Waals surface area contributed by atoms with Gasteiger partial charge in [0.1, 0.15) is 5.75 Å². The smallest absolute Gasteiger partial charge is 0.118 e. The lowest BCUT2D eigenvalue weighted by Crippen LogP contribution is -3.00. The van der Waals surface area contributed by atoms with Crippen LogP contribution in [0.3, 0.4) is 0 Å². The van der Waals surface area contributed by atoms with Gasteiger partial charge in [-0.15, -0.1) is 0 Å². The highest BCUT2D eigenvalue weighted by Gasteiger charge is 2.43. The minimum absolute atomic E-state index is 0. The molecule has 0 spiro atoms. The molecule has 1 aromatic carbocycles. The summed E-state index contributed by atoms with van der Waals surface area (Å²) in [5.74, 6) is 1.53. The zero-order valence-corrected chi connectivity index (χ0v) is 14.4. The Hall–Kier alpha value is -0.770. The van der Waals surface area contributed by atoms with Gasteiger partial charge in [0.15, 0.2) is 0 Å². The van der Waals surface area contributed by atoms with E-state index < -0.39 is 0 Å². The number of methoxy groups -OCH3 is 1. The van der Waals surface area contributed by atoms with Crippen LogP contribution in [0.2, 0.25) is 0 Å². The molecule has 0 saturated carbocycles. The second kappa shape index (κ2) is 7.48. The fourth-order valence-corrected chi connectivity index (χ4v) is 3.75. The molecule has 0 bridgehead atoms. The number of halogens is 1. The topological polar surface area (TPSA) is 38.5 Å². The van der Waals surface area contributed by atoms with Gasteiger partial charge < -0.3 is 27.8 Å². The Kier molecular flexibility index (Phi) is 6.51. The highest BCUT2D eigenvalue weighted by molar-refractivity contribution is 5.34. The maximum Gasteiger partial charge on any atom is 0.118 e. The fraction of sp³-hybridized carbons (Fsp3) is 0.647. The van der Waals surface area contributed by atoms with Gasteiger partial charge >= 0.3 is 0 Å². The van der Waals surface area contributed by atoms with Crippen LogP contribution in [0.1, 0.15) is 32.3 Å². The largest absolute Gasteiger partial charge is 1.00 e. The highest BCUT2D eigenvalue weighted by Crippen LogP contribution is 2.44. The van der Waals surface area contributed by atoms with E-state index in [1.54, 1.807) is 7.11 Å². The average Bonchev–Trinajstić information content (AvgIpc) is 2.45. The molecule has 0 radical (unpaired) electrons. The number of nitrogens with zero attached hydrogens (tertiary/aromatic N) is 1. The molecule has 3 atom stereocenters. The Morgan fingerprint density at radius 2 is 1.90 bits per heavy atom. The molecule has 0 aromatic heterocycles. The summed E-state index contributed by atoms with van der Waals surface area (Å²) in [5.41, 5.74) is 7.56. The van der Waals surface area contributed by atoms with Crippen LogP contribution < -0.4 is 22.9 Å². The maximum atomic E-state index is 5.94. The molecule has 0 aliphatic carbocycles. The Balaban J connectivity index is 0.00000220. The molecule has 2 rings (SSSR count). The molecule has 120 valence electrons. The van der Waals surface area contributed by atoms with E-state index in [9.17, 15) is 0 Å². The van der Waals surface area contributed by atoms with E-state index in [0.29, 0.717) is 12.0 Å². The van der Waals surface area contributed by atoms with Crippen LogP contribution in [-0.4, -0.2) is 38.2 Å². The molecule has 1 aliphatic rings.